The van der Waals surface area contributed by atoms with Gasteiger partial charge >= 0.3 is 12.0 Å². The number of amides is 3. The molecule has 3 N–H and O–H groups in total. The van der Waals surface area contributed by atoms with E-state index in [1.807, 2.05) is 31.3 Å². The summed E-state index contributed by atoms with van der Waals surface area (Å²) < 4.78 is 10.5. The molecule has 7 nitrogen and oxygen atoms in total. The fourth-order valence-electron chi connectivity index (χ4n) is 2.20. The smallest absolute Gasteiger partial charge is 0.318 e. The molecular weight excluding hydrogens is 300 g/mol. The van der Waals surface area contributed by atoms with E-state index in [-0.39, 0.29) is 6.42 Å². The number of hydrogen-bond acceptors (Lipinski definition) is 5. The van der Waals surface area contributed by atoms with Gasteiger partial charge in [-0.1, -0.05) is 12.1 Å². The van der Waals surface area contributed by atoms with Crippen molar-refractivity contribution in [2.45, 2.75) is 33.3 Å². The van der Waals surface area contributed by atoms with Crippen LogP contribution in [0.1, 0.15) is 23.6 Å². The third-order valence-corrected chi connectivity index (χ3v) is 3.60. The van der Waals surface area contributed by atoms with Crippen LogP contribution in [-0.4, -0.2) is 24.0 Å². The fraction of sp³-hybridized carbons (Fsp3) is 0.312. The molecule has 1 heterocycles. The Hall–Kier alpha value is -2.83. The zero-order valence-corrected chi connectivity index (χ0v) is 13.1. The summed E-state index contributed by atoms with van der Waals surface area (Å²) in [5.41, 5.74) is 8.35. The molecule has 1 aromatic heterocycles. The van der Waals surface area contributed by atoms with Crippen LogP contribution in [0.15, 0.2) is 22.8 Å². The number of aryl methyl sites for hydroxylation is 2. The summed E-state index contributed by atoms with van der Waals surface area (Å²) in [5, 5.41) is 2.69. The van der Waals surface area contributed by atoms with Crippen LogP contribution in [0.3, 0.4) is 0 Å². The number of furan rings is 1. The molecule has 0 aliphatic rings. The minimum Gasteiger partial charge on any atom is -0.464 e. The van der Waals surface area contributed by atoms with E-state index >= 15 is 0 Å². The average molecular weight is 318 g/mol. The van der Waals surface area contributed by atoms with Crippen molar-refractivity contribution >= 4 is 28.9 Å². The minimum absolute atomic E-state index is 0.0380. The number of nitrogens with one attached hydrogen (secondary N) is 1. The van der Waals surface area contributed by atoms with Gasteiger partial charge in [0.05, 0.1) is 12.7 Å². The summed E-state index contributed by atoms with van der Waals surface area (Å²) in [4.78, 5) is 34.0. The minimum atomic E-state index is -1.11. The van der Waals surface area contributed by atoms with Crippen LogP contribution in [0, 0.1) is 13.8 Å². The van der Waals surface area contributed by atoms with Gasteiger partial charge in [-0.15, -0.1) is 0 Å². The number of urea groups is 1. The molecule has 2 rings (SSSR count). The van der Waals surface area contributed by atoms with E-state index in [0.717, 1.165) is 22.1 Å². The van der Waals surface area contributed by atoms with Crippen molar-refractivity contribution in [1.82, 2.24) is 5.32 Å². The molecule has 0 unspecified atom stereocenters. The van der Waals surface area contributed by atoms with E-state index in [1.165, 1.54) is 13.2 Å². The Morgan fingerprint density at radius 1 is 1.30 bits per heavy atom. The van der Waals surface area contributed by atoms with Crippen LogP contribution < -0.4 is 11.1 Å². The Balaban J connectivity index is 2.08. The molecule has 0 spiro atoms. The number of fused-ring (bicyclic) bond motifs is 1. The molecular formula is C16H18N2O5. The maximum absolute atomic E-state index is 11.9. The van der Waals surface area contributed by atoms with E-state index in [1.54, 1.807) is 0 Å². The molecule has 0 radical (unpaired) electrons. The highest BCUT2D eigenvalue weighted by atomic mass is 16.5. The van der Waals surface area contributed by atoms with Crippen molar-refractivity contribution in [3.8, 4) is 0 Å². The van der Waals surface area contributed by atoms with Crippen molar-refractivity contribution in [3.05, 3.63) is 35.1 Å². The summed E-state index contributed by atoms with van der Waals surface area (Å²) in [6, 6.07) is 2.84. The van der Waals surface area contributed by atoms with Crippen LogP contribution in [0.5, 0.6) is 0 Å². The topological polar surface area (TPSA) is 112 Å². The Morgan fingerprint density at radius 2 is 2.00 bits per heavy atom. The molecule has 1 aromatic carbocycles. The zero-order valence-electron chi connectivity index (χ0n) is 13.1. The van der Waals surface area contributed by atoms with Gasteiger partial charge in [-0.25, -0.2) is 4.79 Å². The van der Waals surface area contributed by atoms with Crippen LogP contribution >= 0.6 is 0 Å². The van der Waals surface area contributed by atoms with Gasteiger partial charge in [0, 0.05) is 10.9 Å². The zero-order chi connectivity index (χ0) is 17.1. The quantitative estimate of drug-likeness (QED) is 0.834. The van der Waals surface area contributed by atoms with Gasteiger partial charge in [-0.05, 0) is 31.9 Å². The Kier molecular flexibility index (Phi) is 4.68. The SMILES string of the molecule is Cc1ccc2c(CC(=O)O[C@@H](C)C(=O)NC(N)=O)coc2c1C. The molecule has 0 aliphatic heterocycles. The first-order chi connectivity index (χ1) is 10.8. The predicted molar refractivity (Wildman–Crippen MR) is 82.7 cm³/mol. The Labute approximate surface area is 132 Å². The second-order valence-corrected chi connectivity index (χ2v) is 5.31. The maximum Gasteiger partial charge on any atom is 0.318 e. The summed E-state index contributed by atoms with van der Waals surface area (Å²) in [7, 11) is 0. The lowest BCUT2D eigenvalue weighted by Gasteiger charge is -2.11. The number of imide groups is 1. The van der Waals surface area contributed by atoms with Crippen LogP contribution in [-0.2, 0) is 20.7 Å². The highest BCUT2D eigenvalue weighted by molar-refractivity contribution is 5.96. The molecule has 122 valence electrons. The summed E-state index contributed by atoms with van der Waals surface area (Å²) in [6.45, 7) is 5.28. The van der Waals surface area contributed by atoms with E-state index in [2.05, 4.69) is 0 Å². The molecule has 0 bridgehead atoms. The maximum atomic E-state index is 11.9. The van der Waals surface area contributed by atoms with E-state index in [0.29, 0.717) is 5.56 Å². The van der Waals surface area contributed by atoms with Gasteiger partial charge in [0.25, 0.3) is 5.91 Å². The van der Waals surface area contributed by atoms with Gasteiger partial charge in [-0.3, -0.25) is 14.9 Å². The number of ether oxygens (including phenoxy) is 1. The van der Waals surface area contributed by atoms with E-state index in [9.17, 15) is 14.4 Å². The van der Waals surface area contributed by atoms with Crippen molar-refractivity contribution in [2.75, 3.05) is 0 Å². The molecule has 2 aromatic rings. The van der Waals surface area contributed by atoms with Gasteiger partial charge in [0.15, 0.2) is 6.10 Å². The average Bonchev–Trinajstić information content (AvgIpc) is 2.85. The normalized spacial score (nSPS) is 12.0. The monoisotopic (exact) mass is 318 g/mol. The first kappa shape index (κ1) is 16.5. The Morgan fingerprint density at radius 3 is 2.65 bits per heavy atom. The first-order valence-corrected chi connectivity index (χ1v) is 7.05. The van der Waals surface area contributed by atoms with E-state index < -0.39 is 24.0 Å². The van der Waals surface area contributed by atoms with Gasteiger partial charge in [0.2, 0.25) is 0 Å². The number of primary amides is 1. The van der Waals surface area contributed by atoms with Crippen molar-refractivity contribution in [2.24, 2.45) is 5.73 Å². The predicted octanol–water partition coefficient (Wildman–Crippen LogP) is 1.72. The summed E-state index contributed by atoms with van der Waals surface area (Å²) in [5.74, 6) is -1.37. The third-order valence-electron chi connectivity index (χ3n) is 3.60. The van der Waals surface area contributed by atoms with E-state index in [4.69, 9.17) is 14.9 Å². The number of nitrogens with two attached hydrogens (primary N) is 1. The summed E-state index contributed by atoms with van der Waals surface area (Å²) >= 11 is 0. The van der Waals surface area contributed by atoms with Crippen LogP contribution in [0.25, 0.3) is 11.0 Å². The van der Waals surface area contributed by atoms with Crippen LogP contribution in [0.2, 0.25) is 0 Å². The number of esters is 1. The highest BCUT2D eigenvalue weighted by Gasteiger charge is 2.20. The van der Waals surface area contributed by atoms with Crippen molar-refractivity contribution in [3.63, 3.8) is 0 Å². The van der Waals surface area contributed by atoms with Gasteiger partial charge in [-0.2, -0.15) is 0 Å². The van der Waals surface area contributed by atoms with Gasteiger partial charge < -0.3 is 14.9 Å². The summed E-state index contributed by atoms with van der Waals surface area (Å²) in [6.07, 6.45) is 0.355. The van der Waals surface area contributed by atoms with Gasteiger partial charge in [0.1, 0.15) is 5.58 Å². The highest BCUT2D eigenvalue weighted by Crippen LogP contribution is 2.26. The lowest BCUT2D eigenvalue weighted by Crippen LogP contribution is -2.42. The number of benzene rings is 1. The van der Waals surface area contributed by atoms with Crippen molar-refractivity contribution < 1.29 is 23.5 Å². The number of carbonyl (C=O) groups is 3. The molecule has 7 heteroatoms. The number of hydrogen-bond donors (Lipinski definition) is 2. The second kappa shape index (κ2) is 6.51. The van der Waals surface area contributed by atoms with Crippen LogP contribution in [0.4, 0.5) is 4.79 Å². The number of carbonyl (C=O) groups excluding carboxylic acids is 3. The molecule has 23 heavy (non-hydrogen) atoms. The molecule has 0 saturated carbocycles. The lowest BCUT2D eigenvalue weighted by molar-refractivity contribution is -0.153. The second-order valence-electron chi connectivity index (χ2n) is 5.31. The first-order valence-electron chi connectivity index (χ1n) is 7.05. The van der Waals surface area contributed by atoms with Crippen molar-refractivity contribution in [1.29, 1.82) is 0 Å². The standard InChI is InChI=1S/C16H18N2O5/c1-8-4-5-12-11(7-22-14(12)9(8)2)6-13(19)23-10(3)15(20)18-16(17)21/h4-5,7,10H,6H2,1-3H3,(H3,17,18,20,21)/t10-/m0/s1. The molecule has 0 aliphatic carbocycles. The molecule has 1 atom stereocenters. The molecule has 0 saturated heterocycles. The lowest BCUT2D eigenvalue weighted by atomic mass is 10.0. The third kappa shape index (κ3) is 3.68. The molecule has 3 amide bonds. The Bertz CT molecular complexity index is 778. The number of rotatable bonds is 4. The fourth-order valence-corrected chi connectivity index (χ4v) is 2.20. The largest absolute Gasteiger partial charge is 0.464 e. The molecule has 0 fully saturated rings.